The maximum atomic E-state index is 12.7. The van der Waals surface area contributed by atoms with Gasteiger partial charge < -0.3 is 0 Å². The SMILES string of the molecule is C[C@@H]1Cc2cc(C(=O)CSc3ccc4ccccc4c3)ccc2N1S(C)(=O)=O. The molecule has 4 rings (SSSR count). The lowest BCUT2D eigenvalue weighted by Gasteiger charge is -2.21. The van der Waals surface area contributed by atoms with E-state index in [1.54, 1.807) is 12.1 Å². The van der Waals surface area contributed by atoms with Crippen molar-refractivity contribution in [1.82, 2.24) is 0 Å². The minimum absolute atomic E-state index is 0.0476. The fraction of sp³-hybridized carbons (Fsp3) is 0.227. The minimum Gasteiger partial charge on any atom is -0.293 e. The smallest absolute Gasteiger partial charge is 0.232 e. The van der Waals surface area contributed by atoms with Crippen LogP contribution in [0.4, 0.5) is 5.69 Å². The topological polar surface area (TPSA) is 54.5 Å². The molecule has 1 aliphatic rings. The average Bonchev–Trinajstić information content (AvgIpc) is 3.01. The van der Waals surface area contributed by atoms with E-state index in [0.29, 0.717) is 23.4 Å². The third kappa shape index (κ3) is 3.66. The van der Waals surface area contributed by atoms with Gasteiger partial charge in [-0.15, -0.1) is 11.8 Å². The molecule has 28 heavy (non-hydrogen) atoms. The fourth-order valence-corrected chi connectivity index (χ4v) is 5.87. The molecule has 1 heterocycles. The molecule has 1 atom stereocenters. The van der Waals surface area contributed by atoms with Gasteiger partial charge in [0.1, 0.15) is 0 Å². The number of hydrogen-bond acceptors (Lipinski definition) is 4. The van der Waals surface area contributed by atoms with E-state index in [1.807, 2.05) is 31.2 Å². The Labute approximate surface area is 169 Å². The number of thioether (sulfide) groups is 1. The highest BCUT2D eigenvalue weighted by molar-refractivity contribution is 8.00. The van der Waals surface area contributed by atoms with Crippen molar-refractivity contribution < 1.29 is 13.2 Å². The molecule has 1 aliphatic heterocycles. The van der Waals surface area contributed by atoms with Crippen LogP contribution in [0, 0.1) is 0 Å². The number of anilines is 1. The summed E-state index contributed by atoms with van der Waals surface area (Å²) in [4.78, 5) is 13.7. The second-order valence-electron chi connectivity index (χ2n) is 7.18. The summed E-state index contributed by atoms with van der Waals surface area (Å²) in [6, 6.07) is 19.6. The van der Waals surface area contributed by atoms with E-state index in [4.69, 9.17) is 0 Å². The highest BCUT2D eigenvalue weighted by atomic mass is 32.2. The normalized spacial score (nSPS) is 16.4. The van der Waals surface area contributed by atoms with E-state index in [-0.39, 0.29) is 11.8 Å². The fourth-order valence-electron chi connectivity index (χ4n) is 3.77. The first kappa shape index (κ1) is 19.0. The molecule has 3 aromatic rings. The number of carbonyl (C=O) groups is 1. The summed E-state index contributed by atoms with van der Waals surface area (Å²) in [7, 11) is -3.32. The van der Waals surface area contributed by atoms with Gasteiger partial charge in [0.05, 0.1) is 17.7 Å². The zero-order valence-corrected chi connectivity index (χ0v) is 17.4. The predicted octanol–water partition coefficient (Wildman–Crippen LogP) is 4.53. The highest BCUT2D eigenvalue weighted by Gasteiger charge is 2.32. The van der Waals surface area contributed by atoms with Gasteiger partial charge in [-0.05, 0) is 60.0 Å². The van der Waals surface area contributed by atoms with Gasteiger partial charge in [0.2, 0.25) is 10.0 Å². The molecule has 0 saturated carbocycles. The van der Waals surface area contributed by atoms with Crippen molar-refractivity contribution in [1.29, 1.82) is 0 Å². The summed E-state index contributed by atoms with van der Waals surface area (Å²) in [5.41, 5.74) is 2.24. The van der Waals surface area contributed by atoms with Crippen LogP contribution in [0.15, 0.2) is 65.6 Å². The van der Waals surface area contributed by atoms with E-state index in [0.717, 1.165) is 15.8 Å². The van der Waals surface area contributed by atoms with Crippen LogP contribution in [0.25, 0.3) is 10.8 Å². The maximum absolute atomic E-state index is 12.7. The van der Waals surface area contributed by atoms with Crippen LogP contribution in [0.2, 0.25) is 0 Å². The zero-order chi connectivity index (χ0) is 19.9. The van der Waals surface area contributed by atoms with Gasteiger partial charge >= 0.3 is 0 Å². The summed E-state index contributed by atoms with van der Waals surface area (Å²) in [5.74, 6) is 0.397. The van der Waals surface area contributed by atoms with Crippen LogP contribution < -0.4 is 4.31 Å². The van der Waals surface area contributed by atoms with Crippen molar-refractivity contribution in [2.75, 3.05) is 16.3 Å². The summed E-state index contributed by atoms with van der Waals surface area (Å²) in [6.45, 7) is 1.89. The molecule has 0 aliphatic carbocycles. The molecule has 0 N–H and O–H groups in total. The molecule has 0 radical (unpaired) electrons. The van der Waals surface area contributed by atoms with Gasteiger partial charge in [-0.25, -0.2) is 8.42 Å². The first-order chi connectivity index (χ1) is 13.3. The van der Waals surface area contributed by atoms with Crippen molar-refractivity contribution >= 4 is 44.0 Å². The van der Waals surface area contributed by atoms with E-state index in [2.05, 4.69) is 24.3 Å². The number of nitrogens with zero attached hydrogens (tertiary/aromatic N) is 1. The Morgan fingerprint density at radius 1 is 1.07 bits per heavy atom. The Morgan fingerprint density at radius 3 is 2.57 bits per heavy atom. The Bertz CT molecular complexity index is 1170. The number of hydrogen-bond donors (Lipinski definition) is 0. The van der Waals surface area contributed by atoms with Crippen molar-refractivity contribution in [3.63, 3.8) is 0 Å². The molecule has 0 fully saturated rings. The first-order valence-corrected chi connectivity index (χ1v) is 11.9. The molecule has 0 saturated heterocycles. The summed E-state index contributed by atoms with van der Waals surface area (Å²) in [6.07, 6.45) is 1.85. The lowest BCUT2D eigenvalue weighted by molar-refractivity contribution is 0.102. The summed E-state index contributed by atoms with van der Waals surface area (Å²) in [5, 5.41) is 2.34. The Kier molecular flexibility index (Phi) is 4.93. The van der Waals surface area contributed by atoms with Crippen LogP contribution in [0.3, 0.4) is 0 Å². The molecule has 144 valence electrons. The average molecular weight is 412 g/mol. The number of fused-ring (bicyclic) bond motifs is 2. The second kappa shape index (κ2) is 7.26. The van der Waals surface area contributed by atoms with Crippen molar-refractivity contribution in [2.45, 2.75) is 24.3 Å². The highest BCUT2D eigenvalue weighted by Crippen LogP contribution is 2.35. The minimum atomic E-state index is -3.32. The van der Waals surface area contributed by atoms with Gasteiger partial charge in [0, 0.05) is 16.5 Å². The van der Waals surface area contributed by atoms with Crippen LogP contribution in [-0.4, -0.2) is 32.3 Å². The van der Waals surface area contributed by atoms with E-state index < -0.39 is 10.0 Å². The Hall–Kier alpha value is -2.31. The van der Waals surface area contributed by atoms with Crippen LogP contribution in [-0.2, 0) is 16.4 Å². The third-order valence-electron chi connectivity index (χ3n) is 5.00. The van der Waals surface area contributed by atoms with Gasteiger partial charge in [-0.1, -0.05) is 30.3 Å². The Morgan fingerprint density at radius 2 is 1.82 bits per heavy atom. The number of Topliss-reactive ketones (excluding diaryl/α,β-unsaturated/α-hetero) is 1. The third-order valence-corrected chi connectivity index (χ3v) is 7.27. The lowest BCUT2D eigenvalue weighted by atomic mass is 10.0. The monoisotopic (exact) mass is 411 g/mol. The molecule has 4 nitrogen and oxygen atoms in total. The molecule has 3 aromatic carbocycles. The number of ketones is 1. The summed E-state index contributed by atoms with van der Waals surface area (Å²) >= 11 is 1.52. The van der Waals surface area contributed by atoms with E-state index in [1.165, 1.54) is 27.7 Å². The molecule has 0 spiro atoms. The lowest BCUT2D eigenvalue weighted by Crippen LogP contribution is -2.34. The largest absolute Gasteiger partial charge is 0.293 e. The Balaban J connectivity index is 1.50. The zero-order valence-electron chi connectivity index (χ0n) is 15.8. The van der Waals surface area contributed by atoms with Crippen molar-refractivity contribution in [2.24, 2.45) is 0 Å². The van der Waals surface area contributed by atoms with Gasteiger partial charge in [0.15, 0.2) is 5.78 Å². The molecular weight excluding hydrogens is 390 g/mol. The molecule has 0 unspecified atom stereocenters. The van der Waals surface area contributed by atoms with Crippen LogP contribution in [0.1, 0.15) is 22.8 Å². The first-order valence-electron chi connectivity index (χ1n) is 9.10. The molecule has 0 bridgehead atoms. The number of rotatable bonds is 5. The van der Waals surface area contributed by atoms with Gasteiger partial charge in [-0.2, -0.15) is 0 Å². The second-order valence-corrected chi connectivity index (χ2v) is 10.1. The standard InChI is InChI=1S/C22H21NO3S2/c1-15-11-19-12-18(8-10-21(19)23(15)28(2,25)26)22(24)14-27-20-9-7-16-5-3-4-6-17(16)13-20/h3-10,12-13,15H,11,14H2,1-2H3/t15-/m1/s1. The van der Waals surface area contributed by atoms with Gasteiger partial charge in [-0.3, -0.25) is 9.10 Å². The molecular formula is C22H21NO3S2. The van der Waals surface area contributed by atoms with E-state index >= 15 is 0 Å². The number of sulfonamides is 1. The van der Waals surface area contributed by atoms with Crippen LogP contribution in [0.5, 0.6) is 0 Å². The van der Waals surface area contributed by atoms with Crippen molar-refractivity contribution in [3.05, 3.63) is 71.8 Å². The number of carbonyl (C=O) groups excluding carboxylic acids is 1. The molecule has 0 aromatic heterocycles. The summed E-state index contributed by atoms with van der Waals surface area (Å²) < 4.78 is 25.5. The van der Waals surface area contributed by atoms with E-state index in [9.17, 15) is 13.2 Å². The van der Waals surface area contributed by atoms with Crippen LogP contribution >= 0.6 is 11.8 Å². The quantitative estimate of drug-likeness (QED) is 0.457. The molecule has 0 amide bonds. The molecule has 6 heteroatoms. The predicted molar refractivity (Wildman–Crippen MR) is 116 cm³/mol. The maximum Gasteiger partial charge on any atom is 0.232 e. The van der Waals surface area contributed by atoms with Crippen molar-refractivity contribution in [3.8, 4) is 0 Å². The van der Waals surface area contributed by atoms with Gasteiger partial charge in [0.25, 0.3) is 0 Å². The number of benzene rings is 3.